The lowest BCUT2D eigenvalue weighted by Gasteiger charge is -2.14. The fraction of sp³-hybridized carbons (Fsp3) is 0. The summed E-state index contributed by atoms with van der Waals surface area (Å²) in [5.41, 5.74) is 15.7. The molecule has 0 unspecified atom stereocenters. The van der Waals surface area contributed by atoms with Crippen LogP contribution in [0, 0.1) is 0 Å². The number of nitrogens with zero attached hydrogens (tertiary/aromatic N) is 2. The second-order valence-electron chi connectivity index (χ2n) is 14.2. The molecule has 10 rings (SSSR count). The van der Waals surface area contributed by atoms with Crippen LogP contribution in [0.2, 0.25) is 0 Å². The quantitative estimate of drug-likeness (QED) is 0.154. The Morgan fingerprint density at radius 3 is 1.23 bits per heavy atom. The highest BCUT2D eigenvalue weighted by Crippen LogP contribution is 2.37. The summed E-state index contributed by atoms with van der Waals surface area (Å²) in [6.45, 7) is 0. The maximum atomic E-state index is 5.35. The molecule has 0 aliphatic heterocycles. The van der Waals surface area contributed by atoms with Gasteiger partial charge in [-0.05, 0) is 96.7 Å². The molecule has 1 aromatic heterocycles. The number of hydrogen-bond donors (Lipinski definition) is 0. The van der Waals surface area contributed by atoms with Crippen molar-refractivity contribution >= 4 is 21.7 Å². The van der Waals surface area contributed by atoms with E-state index in [1.165, 1.54) is 44.3 Å². The average molecular weight is 713 g/mol. The highest BCUT2D eigenvalue weighted by molar-refractivity contribution is 6.12. The van der Waals surface area contributed by atoms with Crippen LogP contribution >= 0.6 is 0 Å². The minimum atomic E-state index is 0.706. The first-order valence-electron chi connectivity index (χ1n) is 19.1. The van der Waals surface area contributed by atoms with E-state index in [2.05, 4.69) is 218 Å². The van der Waals surface area contributed by atoms with Gasteiger partial charge in [-0.15, -0.1) is 0 Å². The van der Waals surface area contributed by atoms with Gasteiger partial charge in [-0.25, -0.2) is 9.97 Å². The van der Waals surface area contributed by atoms with E-state index in [1.54, 1.807) is 0 Å². The number of aromatic nitrogens is 2. The van der Waals surface area contributed by atoms with Crippen molar-refractivity contribution in [1.29, 1.82) is 0 Å². The van der Waals surface area contributed by atoms with Gasteiger partial charge in [0.25, 0.3) is 0 Å². The molecule has 0 radical (unpaired) electrons. The maximum absolute atomic E-state index is 5.35. The molecule has 0 aliphatic rings. The van der Waals surface area contributed by atoms with E-state index in [4.69, 9.17) is 9.97 Å². The lowest BCUT2D eigenvalue weighted by molar-refractivity contribution is 1.23. The molecule has 9 aromatic carbocycles. The second-order valence-corrected chi connectivity index (χ2v) is 14.2. The molecule has 0 saturated heterocycles. The summed E-state index contributed by atoms with van der Waals surface area (Å²) in [7, 11) is 0. The molecule has 262 valence electrons. The van der Waals surface area contributed by atoms with Gasteiger partial charge in [0, 0.05) is 16.5 Å². The Morgan fingerprint density at radius 2 is 0.661 bits per heavy atom. The average Bonchev–Trinajstić information content (AvgIpc) is 3.29. The van der Waals surface area contributed by atoms with Gasteiger partial charge < -0.3 is 0 Å². The molecule has 1 heterocycles. The minimum Gasteiger partial charge on any atom is -0.228 e. The molecule has 10 aromatic rings. The normalized spacial score (nSPS) is 11.2. The summed E-state index contributed by atoms with van der Waals surface area (Å²) >= 11 is 0. The number of benzene rings is 9. The molecule has 0 saturated carbocycles. The van der Waals surface area contributed by atoms with Crippen LogP contribution in [0.4, 0.5) is 0 Å². The minimum absolute atomic E-state index is 0.706. The molecule has 0 amide bonds. The smallest absolute Gasteiger partial charge is 0.160 e. The van der Waals surface area contributed by atoms with E-state index in [0.717, 1.165) is 49.8 Å². The third kappa shape index (κ3) is 6.44. The van der Waals surface area contributed by atoms with Gasteiger partial charge in [0.2, 0.25) is 0 Å². The molecule has 0 aliphatic carbocycles. The van der Waals surface area contributed by atoms with Crippen molar-refractivity contribution in [2.75, 3.05) is 0 Å². The lowest BCUT2D eigenvalue weighted by Crippen LogP contribution is -1.96. The summed E-state index contributed by atoms with van der Waals surface area (Å²) in [6.07, 6.45) is 0. The third-order valence-electron chi connectivity index (χ3n) is 10.7. The van der Waals surface area contributed by atoms with Crippen molar-refractivity contribution in [3.63, 3.8) is 0 Å². The third-order valence-corrected chi connectivity index (χ3v) is 10.7. The van der Waals surface area contributed by atoms with Crippen LogP contribution in [-0.2, 0) is 0 Å². The van der Waals surface area contributed by atoms with E-state index in [0.29, 0.717) is 5.82 Å². The Hall–Kier alpha value is -7.42. The lowest BCUT2D eigenvalue weighted by atomic mass is 9.93. The van der Waals surface area contributed by atoms with Gasteiger partial charge in [0.15, 0.2) is 5.82 Å². The van der Waals surface area contributed by atoms with Crippen LogP contribution in [0.15, 0.2) is 218 Å². The van der Waals surface area contributed by atoms with Crippen molar-refractivity contribution in [3.05, 3.63) is 218 Å². The zero-order chi connectivity index (χ0) is 37.3. The van der Waals surface area contributed by atoms with Gasteiger partial charge in [-0.2, -0.15) is 0 Å². The summed E-state index contributed by atoms with van der Waals surface area (Å²) in [4.78, 5) is 10.5. The van der Waals surface area contributed by atoms with Crippen LogP contribution in [0.25, 0.3) is 100.0 Å². The van der Waals surface area contributed by atoms with Gasteiger partial charge >= 0.3 is 0 Å². The van der Waals surface area contributed by atoms with Crippen LogP contribution in [-0.4, -0.2) is 9.97 Å². The van der Waals surface area contributed by atoms with Crippen LogP contribution in [0.3, 0.4) is 0 Å². The Labute approximate surface area is 327 Å². The summed E-state index contributed by atoms with van der Waals surface area (Å²) in [6, 6.07) is 77.7. The van der Waals surface area contributed by atoms with Gasteiger partial charge in [-0.1, -0.05) is 188 Å². The van der Waals surface area contributed by atoms with Crippen LogP contribution in [0.5, 0.6) is 0 Å². The first kappa shape index (κ1) is 33.2. The summed E-state index contributed by atoms with van der Waals surface area (Å²) in [5.74, 6) is 0.706. The van der Waals surface area contributed by atoms with Crippen molar-refractivity contribution in [2.24, 2.45) is 0 Å². The Kier molecular flexibility index (Phi) is 8.55. The van der Waals surface area contributed by atoms with Crippen LogP contribution < -0.4 is 0 Å². The maximum Gasteiger partial charge on any atom is 0.160 e. The second kappa shape index (κ2) is 14.4. The first-order chi connectivity index (χ1) is 27.7. The van der Waals surface area contributed by atoms with Crippen molar-refractivity contribution in [1.82, 2.24) is 9.97 Å². The number of rotatable bonds is 7. The molecular weight excluding hydrogens is 677 g/mol. The van der Waals surface area contributed by atoms with Crippen molar-refractivity contribution in [3.8, 4) is 78.3 Å². The standard InChI is InChI=1S/C54H36N2/c1-4-13-37(14-5-1)45-20-12-21-46(33-45)40-23-27-43(28-24-40)53-52-50-22-11-10-19-42(50)31-32-51(52)55-54(56-53)44-29-25-41(26-30-44)49-35-47(38-15-6-2-7-16-38)34-48(36-49)39-17-8-3-9-18-39/h1-36H. The highest BCUT2D eigenvalue weighted by Gasteiger charge is 2.16. The Balaban J connectivity index is 1.05. The molecule has 0 fully saturated rings. The van der Waals surface area contributed by atoms with E-state index in [1.807, 2.05) is 0 Å². The first-order valence-corrected chi connectivity index (χ1v) is 19.1. The molecular formula is C54H36N2. The predicted molar refractivity (Wildman–Crippen MR) is 235 cm³/mol. The summed E-state index contributed by atoms with van der Waals surface area (Å²) < 4.78 is 0. The molecule has 56 heavy (non-hydrogen) atoms. The molecule has 0 N–H and O–H groups in total. The Morgan fingerprint density at radius 1 is 0.250 bits per heavy atom. The fourth-order valence-electron chi connectivity index (χ4n) is 7.77. The molecule has 0 spiro atoms. The zero-order valence-electron chi connectivity index (χ0n) is 30.7. The number of hydrogen-bond acceptors (Lipinski definition) is 2. The molecule has 2 nitrogen and oxygen atoms in total. The van der Waals surface area contributed by atoms with Crippen molar-refractivity contribution < 1.29 is 0 Å². The van der Waals surface area contributed by atoms with Crippen LogP contribution in [0.1, 0.15) is 0 Å². The van der Waals surface area contributed by atoms with E-state index < -0.39 is 0 Å². The molecule has 0 atom stereocenters. The predicted octanol–water partition coefficient (Wildman–Crippen LogP) is 14.5. The van der Waals surface area contributed by atoms with Gasteiger partial charge in [-0.3, -0.25) is 0 Å². The van der Waals surface area contributed by atoms with Gasteiger partial charge in [0.1, 0.15) is 0 Å². The topological polar surface area (TPSA) is 25.8 Å². The van der Waals surface area contributed by atoms with Crippen molar-refractivity contribution in [2.45, 2.75) is 0 Å². The molecule has 0 bridgehead atoms. The zero-order valence-corrected chi connectivity index (χ0v) is 30.7. The fourth-order valence-corrected chi connectivity index (χ4v) is 7.77. The molecule has 2 heteroatoms. The SMILES string of the molecule is c1ccc(-c2cccc(-c3ccc(-c4nc(-c5ccc(-c6cc(-c7ccccc7)cc(-c7ccccc7)c6)cc5)nc5ccc6ccccc6c45)cc3)c2)cc1. The van der Waals surface area contributed by atoms with E-state index >= 15 is 0 Å². The Bertz CT molecular complexity index is 2910. The van der Waals surface area contributed by atoms with E-state index in [-0.39, 0.29) is 0 Å². The van der Waals surface area contributed by atoms with Gasteiger partial charge in [0.05, 0.1) is 11.2 Å². The summed E-state index contributed by atoms with van der Waals surface area (Å²) in [5, 5.41) is 3.38. The van der Waals surface area contributed by atoms with E-state index in [9.17, 15) is 0 Å². The highest BCUT2D eigenvalue weighted by atomic mass is 14.9. The largest absolute Gasteiger partial charge is 0.228 e. The monoisotopic (exact) mass is 712 g/mol. The number of fused-ring (bicyclic) bond motifs is 3.